The van der Waals surface area contributed by atoms with Crippen molar-refractivity contribution in [2.75, 3.05) is 36.0 Å². The smallest absolute Gasteiger partial charge is 0.267 e. The zero-order chi connectivity index (χ0) is 26.2. The van der Waals surface area contributed by atoms with Gasteiger partial charge in [0.15, 0.2) is 0 Å². The van der Waals surface area contributed by atoms with Crippen LogP contribution in [0.5, 0.6) is 0 Å². The summed E-state index contributed by atoms with van der Waals surface area (Å²) >= 11 is 13.1. The van der Waals surface area contributed by atoms with Gasteiger partial charge in [-0.15, -0.1) is 0 Å². The highest BCUT2D eigenvalue weighted by molar-refractivity contribution is 8.26. The summed E-state index contributed by atoms with van der Waals surface area (Å²) in [5, 5.41) is 0.710. The normalized spacial score (nSPS) is 20.2. The van der Waals surface area contributed by atoms with E-state index in [0.29, 0.717) is 44.4 Å². The van der Waals surface area contributed by atoms with Gasteiger partial charge in [0.2, 0.25) is 0 Å². The number of thiocarbonyl (C=S) groups is 1. The Morgan fingerprint density at radius 1 is 0.974 bits per heavy atom. The van der Waals surface area contributed by atoms with Crippen LogP contribution in [0.4, 0.5) is 11.5 Å². The summed E-state index contributed by atoms with van der Waals surface area (Å²) < 4.78 is 2.12. The lowest BCUT2D eigenvalue weighted by Gasteiger charge is -2.37. The lowest BCUT2D eigenvalue weighted by atomic mass is 9.94. The summed E-state index contributed by atoms with van der Waals surface area (Å²) in [4.78, 5) is 38.8. The predicted octanol–water partition coefficient (Wildman–Crippen LogP) is 5.21. The number of nitrogens with zero attached hydrogens (tertiary/aromatic N) is 5. The van der Waals surface area contributed by atoms with Gasteiger partial charge in [0, 0.05) is 49.1 Å². The monoisotopic (exact) mass is 565 g/mol. The molecular weight excluding hydrogens is 538 g/mol. The molecule has 3 aromatic rings. The quantitative estimate of drug-likeness (QED) is 0.318. The molecule has 0 spiro atoms. The molecule has 7 nitrogen and oxygen atoms in total. The van der Waals surface area contributed by atoms with Crippen molar-refractivity contribution >= 4 is 69.0 Å². The first kappa shape index (κ1) is 25.4. The third kappa shape index (κ3) is 4.83. The van der Waals surface area contributed by atoms with Crippen LogP contribution in [0.3, 0.4) is 0 Å². The molecule has 1 saturated carbocycles. The first-order valence-electron chi connectivity index (χ1n) is 13.0. The van der Waals surface area contributed by atoms with E-state index in [9.17, 15) is 9.59 Å². The third-order valence-corrected chi connectivity index (χ3v) is 9.11. The van der Waals surface area contributed by atoms with Gasteiger partial charge in [-0.1, -0.05) is 67.0 Å². The third-order valence-electron chi connectivity index (χ3n) is 7.54. The Kier molecular flexibility index (Phi) is 7.16. The highest BCUT2D eigenvalue weighted by atomic mass is 35.5. The Hall–Kier alpha value is -2.88. The molecule has 10 heteroatoms. The van der Waals surface area contributed by atoms with Crippen LogP contribution in [0, 0.1) is 0 Å². The number of thioether (sulfide) groups is 1. The van der Waals surface area contributed by atoms with E-state index in [4.69, 9.17) is 28.8 Å². The fourth-order valence-corrected chi connectivity index (χ4v) is 7.14. The molecule has 0 N–H and O–H groups in total. The maximum Gasteiger partial charge on any atom is 0.267 e. The largest absolute Gasteiger partial charge is 0.368 e. The van der Waals surface area contributed by atoms with Crippen LogP contribution in [0.15, 0.2) is 58.4 Å². The van der Waals surface area contributed by atoms with Crippen molar-refractivity contribution in [1.29, 1.82) is 0 Å². The van der Waals surface area contributed by atoms with Gasteiger partial charge in [0.1, 0.15) is 15.8 Å². The summed E-state index contributed by atoms with van der Waals surface area (Å²) in [5.41, 5.74) is 1.90. The summed E-state index contributed by atoms with van der Waals surface area (Å²) in [7, 11) is 0. The van der Waals surface area contributed by atoms with Crippen molar-refractivity contribution in [3.8, 4) is 0 Å². The molecule has 2 saturated heterocycles. The number of pyridine rings is 1. The number of anilines is 2. The van der Waals surface area contributed by atoms with Gasteiger partial charge in [-0.2, -0.15) is 0 Å². The standard InChI is InChI=1S/C28H28ClN5O2S2/c29-19-7-6-10-21(17-19)31-13-15-32(16-14-31)25-22(26(35)33-12-5-4-11-24(33)30-25)18-23-27(36)34(28(37)38-23)20-8-2-1-3-9-20/h4-7,10-12,17-18,20H,1-3,8-9,13-16H2. The lowest BCUT2D eigenvalue weighted by molar-refractivity contribution is -0.124. The molecule has 0 bridgehead atoms. The van der Waals surface area contributed by atoms with Crippen LogP contribution < -0.4 is 15.4 Å². The molecule has 38 heavy (non-hydrogen) atoms. The Balaban J connectivity index is 1.34. The van der Waals surface area contributed by atoms with Crippen molar-refractivity contribution < 1.29 is 4.79 Å². The molecule has 3 fully saturated rings. The predicted molar refractivity (Wildman–Crippen MR) is 159 cm³/mol. The maximum atomic E-state index is 13.7. The van der Waals surface area contributed by atoms with Crippen LogP contribution in [-0.4, -0.2) is 56.7 Å². The van der Waals surface area contributed by atoms with E-state index in [1.807, 2.05) is 36.4 Å². The van der Waals surface area contributed by atoms with E-state index in [2.05, 4.69) is 15.9 Å². The van der Waals surface area contributed by atoms with Crippen LogP contribution in [0.2, 0.25) is 5.02 Å². The fourth-order valence-electron chi connectivity index (χ4n) is 5.57. The van der Waals surface area contributed by atoms with Crippen molar-refractivity contribution in [1.82, 2.24) is 14.3 Å². The van der Waals surface area contributed by atoms with Gasteiger partial charge < -0.3 is 9.80 Å². The average molecular weight is 566 g/mol. The van der Waals surface area contributed by atoms with Crippen LogP contribution in [0.25, 0.3) is 11.7 Å². The number of halogens is 1. The Labute approximate surface area is 236 Å². The Morgan fingerprint density at radius 3 is 2.50 bits per heavy atom. The van der Waals surface area contributed by atoms with Gasteiger partial charge >= 0.3 is 0 Å². The second-order valence-electron chi connectivity index (χ2n) is 9.88. The molecule has 0 unspecified atom stereocenters. The molecular formula is C28H28ClN5O2S2. The Morgan fingerprint density at radius 2 is 1.74 bits per heavy atom. The van der Waals surface area contributed by atoms with E-state index in [1.54, 1.807) is 21.6 Å². The van der Waals surface area contributed by atoms with E-state index >= 15 is 0 Å². The first-order valence-corrected chi connectivity index (χ1v) is 14.6. The minimum Gasteiger partial charge on any atom is -0.368 e. The molecule has 1 aliphatic carbocycles. The lowest BCUT2D eigenvalue weighted by Crippen LogP contribution is -2.47. The van der Waals surface area contributed by atoms with E-state index in [1.165, 1.54) is 18.2 Å². The van der Waals surface area contributed by atoms with Gasteiger partial charge in [-0.25, -0.2) is 4.98 Å². The van der Waals surface area contributed by atoms with Gasteiger partial charge in [0.05, 0.1) is 10.5 Å². The number of fused-ring (bicyclic) bond motifs is 1. The SMILES string of the molecule is O=C1C(=Cc2c(N3CCN(c4cccc(Cl)c4)CC3)nc3ccccn3c2=O)SC(=S)N1C1CCCCC1. The topological polar surface area (TPSA) is 61.2 Å². The zero-order valence-corrected chi connectivity index (χ0v) is 23.3. The molecule has 0 atom stereocenters. The first-order chi connectivity index (χ1) is 18.5. The van der Waals surface area contributed by atoms with Crippen molar-refractivity contribution in [2.45, 2.75) is 38.1 Å². The zero-order valence-electron chi connectivity index (χ0n) is 20.9. The van der Waals surface area contributed by atoms with Crippen LogP contribution in [-0.2, 0) is 4.79 Å². The van der Waals surface area contributed by atoms with Crippen LogP contribution in [0.1, 0.15) is 37.7 Å². The average Bonchev–Trinajstić information content (AvgIpc) is 3.23. The summed E-state index contributed by atoms with van der Waals surface area (Å²) in [5.74, 6) is 0.510. The number of benzene rings is 1. The summed E-state index contributed by atoms with van der Waals surface area (Å²) in [6.07, 6.45) is 8.81. The molecule has 2 aliphatic heterocycles. The summed E-state index contributed by atoms with van der Waals surface area (Å²) in [6.45, 7) is 2.90. The Bertz CT molecular complexity index is 1490. The second kappa shape index (κ2) is 10.7. The van der Waals surface area contributed by atoms with E-state index < -0.39 is 0 Å². The van der Waals surface area contributed by atoms with Gasteiger partial charge in [-0.05, 0) is 49.2 Å². The number of carbonyl (C=O) groups is 1. The van der Waals surface area contributed by atoms with Gasteiger partial charge in [0.25, 0.3) is 11.5 Å². The number of aromatic nitrogens is 2. The van der Waals surface area contributed by atoms with Crippen LogP contribution >= 0.6 is 35.6 Å². The molecule has 1 amide bonds. The molecule has 4 heterocycles. The van der Waals surface area contributed by atoms with E-state index in [-0.39, 0.29) is 17.5 Å². The van der Waals surface area contributed by atoms with Crippen molar-refractivity contribution in [3.63, 3.8) is 0 Å². The number of hydrogen-bond donors (Lipinski definition) is 0. The molecule has 3 aliphatic rings. The molecule has 0 radical (unpaired) electrons. The molecule has 2 aromatic heterocycles. The van der Waals surface area contributed by atoms with Crippen molar-refractivity contribution in [2.24, 2.45) is 0 Å². The van der Waals surface area contributed by atoms with E-state index in [0.717, 1.165) is 44.5 Å². The minimum absolute atomic E-state index is 0.0961. The minimum atomic E-state index is -0.189. The second-order valence-corrected chi connectivity index (χ2v) is 12.0. The highest BCUT2D eigenvalue weighted by Gasteiger charge is 2.38. The fraction of sp³-hybridized carbons (Fsp3) is 0.357. The molecule has 196 valence electrons. The van der Waals surface area contributed by atoms with Crippen molar-refractivity contribution in [3.05, 3.63) is 74.5 Å². The van der Waals surface area contributed by atoms with Gasteiger partial charge in [-0.3, -0.25) is 18.9 Å². The number of carbonyl (C=O) groups excluding carboxylic acids is 1. The number of piperazine rings is 1. The number of hydrogen-bond acceptors (Lipinski definition) is 7. The highest BCUT2D eigenvalue weighted by Crippen LogP contribution is 2.38. The number of rotatable bonds is 4. The molecule has 6 rings (SSSR count). The number of amides is 1. The molecule has 1 aromatic carbocycles. The maximum absolute atomic E-state index is 13.7. The summed E-state index contributed by atoms with van der Waals surface area (Å²) in [6, 6.07) is 13.5.